The highest BCUT2D eigenvalue weighted by molar-refractivity contribution is 7.26. The van der Waals surface area contributed by atoms with E-state index in [4.69, 9.17) is 2.74 Å². The van der Waals surface area contributed by atoms with E-state index in [2.05, 4.69) is 12.1 Å². The van der Waals surface area contributed by atoms with Crippen molar-refractivity contribution in [3.8, 4) is 11.1 Å². The lowest BCUT2D eigenvalue weighted by Crippen LogP contribution is -1.77. The number of rotatable bonds is 1. The maximum atomic E-state index is 8.16. The molecule has 0 unspecified atom stereocenters. The van der Waals surface area contributed by atoms with E-state index in [1.165, 1.54) is 9.40 Å². The van der Waals surface area contributed by atoms with Gasteiger partial charge in [0.05, 0.1) is 2.74 Å². The maximum absolute atomic E-state index is 8.16. The number of hydrogen-bond acceptors (Lipinski definition) is 1. The number of aryl methyl sites for hydroxylation is 1. The molecule has 0 radical (unpaired) electrons. The van der Waals surface area contributed by atoms with Crippen molar-refractivity contribution in [2.75, 3.05) is 0 Å². The van der Waals surface area contributed by atoms with Crippen LogP contribution in [0.25, 0.3) is 31.3 Å². The molecule has 0 saturated carbocycles. The van der Waals surface area contributed by atoms with Gasteiger partial charge in [-0.15, -0.1) is 11.3 Å². The molecule has 0 aliphatic heterocycles. The third-order valence-corrected chi connectivity index (χ3v) is 4.87. The molecule has 0 aliphatic carbocycles. The van der Waals surface area contributed by atoms with Crippen LogP contribution in [0.1, 0.15) is 8.30 Å². The monoisotopic (exact) mass is 276 g/mol. The average molecular weight is 276 g/mol. The third kappa shape index (κ3) is 1.67. The lowest BCUT2D eigenvalue weighted by molar-refractivity contribution is 1.55. The predicted molar refractivity (Wildman–Crippen MR) is 89.5 cm³/mol. The van der Waals surface area contributed by atoms with Gasteiger partial charge < -0.3 is 0 Å². The Hall–Kier alpha value is -2.12. The van der Waals surface area contributed by atoms with Crippen LogP contribution >= 0.6 is 11.3 Å². The van der Waals surface area contributed by atoms with Crippen LogP contribution in [0.4, 0.5) is 0 Å². The average Bonchev–Trinajstić information content (AvgIpc) is 2.90. The van der Waals surface area contributed by atoms with Crippen molar-refractivity contribution in [1.29, 1.82) is 0 Å². The molecule has 0 aliphatic rings. The molecule has 0 bridgehead atoms. The molecule has 0 N–H and O–H groups in total. The van der Waals surface area contributed by atoms with Crippen LogP contribution in [0, 0.1) is 6.92 Å². The molecule has 0 fully saturated rings. The van der Waals surface area contributed by atoms with E-state index >= 15 is 0 Å². The van der Waals surface area contributed by atoms with Gasteiger partial charge in [0.15, 0.2) is 0 Å². The molecule has 4 aromatic rings. The lowest BCUT2D eigenvalue weighted by Gasteiger charge is -2.03. The topological polar surface area (TPSA) is 0 Å². The van der Waals surface area contributed by atoms with E-state index in [1.54, 1.807) is 11.3 Å². The number of thiophene rings is 1. The molecule has 0 spiro atoms. The van der Waals surface area contributed by atoms with Crippen molar-refractivity contribution >= 4 is 31.5 Å². The normalized spacial score (nSPS) is 12.7. The zero-order chi connectivity index (χ0) is 15.3. The SMILES string of the molecule is [2H]c1cc(-c2ccccc2)c2sc3ccc([2H])c(C)c3c2c1. The summed E-state index contributed by atoms with van der Waals surface area (Å²) in [7, 11) is 0. The Kier molecular flexibility index (Phi) is 2.17. The summed E-state index contributed by atoms with van der Waals surface area (Å²) in [5.41, 5.74) is 3.24. The fraction of sp³-hybridized carbons (Fsp3) is 0.0526. The molecule has 20 heavy (non-hydrogen) atoms. The fourth-order valence-electron chi connectivity index (χ4n) is 2.72. The largest absolute Gasteiger partial charge is 0.135 e. The molecular weight excluding hydrogens is 260 g/mol. The minimum Gasteiger partial charge on any atom is -0.135 e. The van der Waals surface area contributed by atoms with Crippen LogP contribution in [-0.4, -0.2) is 0 Å². The lowest BCUT2D eigenvalue weighted by atomic mass is 10.0. The molecule has 3 aromatic carbocycles. The van der Waals surface area contributed by atoms with E-state index in [0.717, 1.165) is 27.5 Å². The van der Waals surface area contributed by atoms with Gasteiger partial charge in [0, 0.05) is 20.2 Å². The minimum atomic E-state index is 0.515. The van der Waals surface area contributed by atoms with Crippen molar-refractivity contribution in [3.05, 3.63) is 72.2 Å². The highest BCUT2D eigenvalue weighted by atomic mass is 32.1. The summed E-state index contributed by atoms with van der Waals surface area (Å²) >= 11 is 1.75. The van der Waals surface area contributed by atoms with Gasteiger partial charge in [0.2, 0.25) is 0 Å². The minimum absolute atomic E-state index is 0.515. The molecule has 0 saturated heterocycles. The van der Waals surface area contributed by atoms with Crippen molar-refractivity contribution < 1.29 is 2.74 Å². The first-order valence-electron chi connectivity index (χ1n) is 7.63. The van der Waals surface area contributed by atoms with Crippen LogP contribution < -0.4 is 0 Å². The first kappa shape index (κ1) is 9.73. The van der Waals surface area contributed by atoms with Crippen LogP contribution in [0.3, 0.4) is 0 Å². The smallest absolute Gasteiger partial charge is 0.0626 e. The second-order valence-corrected chi connectivity index (χ2v) is 5.97. The fourth-order valence-corrected chi connectivity index (χ4v) is 4.00. The Morgan fingerprint density at radius 3 is 2.65 bits per heavy atom. The summed E-state index contributed by atoms with van der Waals surface area (Å²) < 4.78 is 18.6. The highest BCUT2D eigenvalue weighted by Crippen LogP contribution is 2.40. The first-order chi connectivity index (χ1) is 10.6. The van der Waals surface area contributed by atoms with Crippen LogP contribution in [0.15, 0.2) is 66.7 Å². The Bertz CT molecular complexity index is 1000. The van der Waals surface area contributed by atoms with Gasteiger partial charge in [-0.25, -0.2) is 0 Å². The van der Waals surface area contributed by atoms with Gasteiger partial charge in [-0.1, -0.05) is 60.6 Å². The first-order valence-corrected chi connectivity index (χ1v) is 7.45. The zero-order valence-corrected chi connectivity index (χ0v) is 11.9. The molecular formula is C19H14S. The van der Waals surface area contributed by atoms with Gasteiger partial charge in [-0.2, -0.15) is 0 Å². The highest BCUT2D eigenvalue weighted by Gasteiger charge is 2.10. The Labute approximate surface area is 125 Å². The Morgan fingerprint density at radius 1 is 0.950 bits per heavy atom. The van der Waals surface area contributed by atoms with Gasteiger partial charge >= 0.3 is 0 Å². The molecule has 1 aromatic heterocycles. The van der Waals surface area contributed by atoms with E-state index in [1.807, 2.05) is 49.4 Å². The molecule has 96 valence electrons. The second-order valence-electron chi connectivity index (χ2n) is 4.92. The summed E-state index contributed by atoms with van der Waals surface area (Å²) in [6.45, 7) is 2.00. The summed E-state index contributed by atoms with van der Waals surface area (Å²) in [6.07, 6.45) is 0. The Morgan fingerprint density at radius 2 is 1.80 bits per heavy atom. The molecule has 1 heteroatoms. The number of benzene rings is 3. The third-order valence-electron chi connectivity index (χ3n) is 3.67. The van der Waals surface area contributed by atoms with Gasteiger partial charge in [0.25, 0.3) is 0 Å². The summed E-state index contributed by atoms with van der Waals surface area (Å²) in [4.78, 5) is 0. The summed E-state index contributed by atoms with van der Waals surface area (Å²) in [5.74, 6) is 0. The molecule has 0 nitrogen and oxygen atoms in total. The second kappa shape index (κ2) is 4.46. The van der Waals surface area contributed by atoms with E-state index in [9.17, 15) is 0 Å². The molecule has 4 rings (SSSR count). The van der Waals surface area contributed by atoms with E-state index in [0.29, 0.717) is 12.1 Å². The van der Waals surface area contributed by atoms with Crippen molar-refractivity contribution in [1.82, 2.24) is 0 Å². The molecule has 0 atom stereocenters. The van der Waals surface area contributed by atoms with Gasteiger partial charge in [-0.05, 0) is 29.7 Å². The van der Waals surface area contributed by atoms with E-state index in [-0.39, 0.29) is 0 Å². The van der Waals surface area contributed by atoms with Crippen LogP contribution in [0.2, 0.25) is 0 Å². The van der Waals surface area contributed by atoms with Gasteiger partial charge in [0.1, 0.15) is 0 Å². The summed E-state index contributed by atoms with van der Waals surface area (Å²) in [6, 6.07) is 19.0. The van der Waals surface area contributed by atoms with Crippen LogP contribution in [0.5, 0.6) is 0 Å². The maximum Gasteiger partial charge on any atom is 0.0626 e. The number of hydrogen-bond donors (Lipinski definition) is 0. The summed E-state index contributed by atoms with van der Waals surface area (Å²) in [5, 5.41) is 2.22. The van der Waals surface area contributed by atoms with Crippen molar-refractivity contribution in [3.63, 3.8) is 0 Å². The number of fused-ring (bicyclic) bond motifs is 3. The van der Waals surface area contributed by atoms with Crippen molar-refractivity contribution in [2.24, 2.45) is 0 Å². The predicted octanol–water partition coefficient (Wildman–Crippen LogP) is 6.03. The zero-order valence-electron chi connectivity index (χ0n) is 13.1. The Balaban J connectivity index is 2.18. The van der Waals surface area contributed by atoms with Crippen molar-refractivity contribution in [2.45, 2.75) is 6.92 Å². The molecule has 0 amide bonds. The van der Waals surface area contributed by atoms with E-state index < -0.39 is 0 Å². The molecule has 1 heterocycles. The van der Waals surface area contributed by atoms with Crippen LogP contribution in [-0.2, 0) is 0 Å². The van der Waals surface area contributed by atoms with Gasteiger partial charge in [-0.3, -0.25) is 0 Å². The standard InChI is InChI=1S/C19H14S/c1-13-7-5-12-17-18(13)16-11-6-10-15(19(16)20-17)14-8-3-2-4-9-14/h2-12H,1H3/i6D,7D. The quantitative estimate of drug-likeness (QED) is 0.398.